The van der Waals surface area contributed by atoms with Gasteiger partial charge < -0.3 is 9.80 Å². The van der Waals surface area contributed by atoms with Gasteiger partial charge in [-0.2, -0.15) is 0 Å². The molecule has 0 saturated heterocycles. The highest BCUT2D eigenvalue weighted by atomic mass is 15.1. The average Bonchev–Trinajstić information content (AvgIpc) is 2.80. The van der Waals surface area contributed by atoms with E-state index in [1.807, 2.05) is 0 Å². The summed E-state index contributed by atoms with van der Waals surface area (Å²) in [5, 5.41) is 0. The van der Waals surface area contributed by atoms with Gasteiger partial charge in [-0.15, -0.1) is 4.57 Å². The number of aromatic nitrogens is 2. The molecule has 4 heteroatoms. The van der Waals surface area contributed by atoms with Crippen molar-refractivity contribution in [3.63, 3.8) is 0 Å². The molecule has 0 spiro atoms. The van der Waals surface area contributed by atoms with E-state index in [0.717, 1.165) is 53.9 Å². The number of fused-ring (bicyclic) bond motifs is 2. The number of anilines is 2. The predicted molar refractivity (Wildman–Crippen MR) is 133 cm³/mol. The summed E-state index contributed by atoms with van der Waals surface area (Å²) in [4.78, 5) is 9.80. The Morgan fingerprint density at radius 1 is 0.645 bits per heavy atom. The third kappa shape index (κ3) is 3.95. The van der Waals surface area contributed by atoms with E-state index in [-0.39, 0.29) is 0 Å². The highest BCUT2D eigenvalue weighted by Crippen LogP contribution is 2.25. The zero-order chi connectivity index (χ0) is 22.0. The largest absolute Gasteiger partial charge is 0.372 e. The highest BCUT2D eigenvalue weighted by Gasteiger charge is 2.21. The van der Waals surface area contributed by atoms with Gasteiger partial charge in [-0.3, -0.25) is 0 Å². The summed E-state index contributed by atoms with van der Waals surface area (Å²) >= 11 is 0. The lowest BCUT2D eigenvalue weighted by Gasteiger charge is -2.21. The number of hydrogen-bond donors (Lipinski definition) is 0. The lowest BCUT2D eigenvalue weighted by Crippen LogP contribution is -2.34. The molecular weight excluding hydrogens is 380 g/mol. The molecule has 0 amide bonds. The predicted octanol–water partition coefficient (Wildman–Crippen LogP) is 5.67. The van der Waals surface area contributed by atoms with E-state index in [0.29, 0.717) is 0 Å². The van der Waals surface area contributed by atoms with Gasteiger partial charge in [-0.05, 0) is 58.9 Å². The molecule has 0 fully saturated rings. The number of rotatable bonds is 7. The molecular formula is C27H33N4+. The molecule has 1 heterocycles. The molecule has 31 heavy (non-hydrogen) atoms. The minimum Gasteiger partial charge on any atom is -0.372 e. The zero-order valence-corrected chi connectivity index (χ0v) is 19.4. The minimum atomic E-state index is 0.986. The molecule has 1 aromatic heterocycles. The maximum Gasteiger partial charge on any atom is 0.239 e. The van der Waals surface area contributed by atoms with E-state index in [2.05, 4.69) is 110 Å². The molecule has 4 rings (SSSR count). The van der Waals surface area contributed by atoms with Gasteiger partial charge in [0.05, 0.1) is 0 Å². The third-order valence-electron chi connectivity index (χ3n) is 6.19. The molecule has 0 aliphatic rings. The van der Waals surface area contributed by atoms with Crippen LogP contribution >= 0.6 is 0 Å². The summed E-state index contributed by atoms with van der Waals surface area (Å²) < 4.78 is 2.37. The van der Waals surface area contributed by atoms with Crippen LogP contribution in [0.1, 0.15) is 33.3 Å². The van der Waals surface area contributed by atoms with Crippen molar-refractivity contribution in [2.75, 3.05) is 36.0 Å². The van der Waals surface area contributed by atoms with Crippen molar-refractivity contribution < 1.29 is 4.57 Å². The third-order valence-corrected chi connectivity index (χ3v) is 6.19. The quantitative estimate of drug-likeness (QED) is 0.288. The van der Waals surface area contributed by atoms with Gasteiger partial charge in [-0.1, -0.05) is 17.7 Å². The second-order valence-electron chi connectivity index (χ2n) is 7.97. The number of benzene rings is 3. The fourth-order valence-electron chi connectivity index (χ4n) is 4.37. The van der Waals surface area contributed by atoms with Crippen LogP contribution in [0, 0.1) is 6.92 Å². The Morgan fingerprint density at radius 3 is 1.52 bits per heavy atom. The van der Waals surface area contributed by atoms with Gasteiger partial charge >= 0.3 is 0 Å². The minimum absolute atomic E-state index is 0.986. The Labute approximate surface area is 185 Å². The summed E-state index contributed by atoms with van der Waals surface area (Å²) in [5.41, 5.74) is 9.20. The van der Waals surface area contributed by atoms with Gasteiger partial charge in [0, 0.05) is 61.8 Å². The van der Waals surface area contributed by atoms with E-state index in [1.54, 1.807) is 0 Å². The lowest BCUT2D eigenvalue weighted by molar-refractivity contribution is -0.538. The van der Waals surface area contributed by atoms with Crippen LogP contribution in [0.5, 0.6) is 0 Å². The average molecular weight is 414 g/mol. The molecule has 0 aliphatic carbocycles. The van der Waals surface area contributed by atoms with Crippen LogP contribution in [0.3, 0.4) is 0 Å². The SMILES string of the molecule is CCN(CC)c1ccc2nc3ccc(N(CC)CC)cc3[n+](-c3ccc(C)cc3)c2c1. The summed E-state index contributed by atoms with van der Waals surface area (Å²) in [6.45, 7) is 14.9. The maximum absolute atomic E-state index is 5.03. The smallest absolute Gasteiger partial charge is 0.239 e. The van der Waals surface area contributed by atoms with Crippen LogP contribution in [-0.2, 0) is 0 Å². The van der Waals surface area contributed by atoms with Gasteiger partial charge in [0.15, 0.2) is 0 Å². The summed E-state index contributed by atoms with van der Waals surface area (Å²) in [6, 6.07) is 22.1. The number of nitrogens with zero attached hydrogens (tertiary/aromatic N) is 4. The highest BCUT2D eigenvalue weighted by molar-refractivity contribution is 5.86. The molecule has 0 radical (unpaired) electrons. The number of aryl methyl sites for hydroxylation is 1. The molecule has 3 aromatic carbocycles. The Balaban J connectivity index is 2.07. The van der Waals surface area contributed by atoms with Crippen LogP contribution in [0.2, 0.25) is 0 Å². The monoisotopic (exact) mass is 413 g/mol. The van der Waals surface area contributed by atoms with E-state index in [9.17, 15) is 0 Å². The van der Waals surface area contributed by atoms with Gasteiger partial charge in [0.1, 0.15) is 11.0 Å². The van der Waals surface area contributed by atoms with Crippen LogP contribution in [-0.4, -0.2) is 31.2 Å². The van der Waals surface area contributed by atoms with Crippen molar-refractivity contribution in [2.24, 2.45) is 0 Å². The second kappa shape index (κ2) is 8.93. The zero-order valence-electron chi connectivity index (χ0n) is 19.4. The number of hydrogen-bond acceptors (Lipinski definition) is 3. The summed E-state index contributed by atoms with van der Waals surface area (Å²) in [5.74, 6) is 0. The van der Waals surface area contributed by atoms with Crippen LogP contribution in [0.25, 0.3) is 27.8 Å². The first kappa shape index (κ1) is 21.1. The molecule has 0 aliphatic heterocycles. The van der Waals surface area contributed by atoms with E-state index >= 15 is 0 Å². The van der Waals surface area contributed by atoms with E-state index < -0.39 is 0 Å². The molecule has 4 aromatic rings. The van der Waals surface area contributed by atoms with Crippen LogP contribution < -0.4 is 14.4 Å². The van der Waals surface area contributed by atoms with Gasteiger partial charge in [0.25, 0.3) is 0 Å². The first-order chi connectivity index (χ1) is 15.1. The van der Waals surface area contributed by atoms with E-state index in [1.165, 1.54) is 16.9 Å². The normalized spacial score (nSPS) is 11.3. The summed E-state index contributed by atoms with van der Waals surface area (Å²) in [7, 11) is 0. The van der Waals surface area contributed by atoms with E-state index in [4.69, 9.17) is 4.98 Å². The lowest BCUT2D eigenvalue weighted by atomic mass is 10.1. The standard InChI is InChI=1S/C27H33N4/c1-6-29(7-2)22-14-16-24-26(18-22)31(21-12-10-20(5)11-13-21)27-19-23(30(8-3)9-4)15-17-25(27)28-24/h10-19H,6-9H2,1-5H3/q+1. The Kier molecular flexibility index (Phi) is 6.08. The maximum atomic E-state index is 5.03. The molecule has 0 saturated carbocycles. The molecule has 0 atom stereocenters. The Morgan fingerprint density at radius 2 is 1.10 bits per heavy atom. The molecule has 160 valence electrons. The van der Waals surface area contributed by atoms with Crippen LogP contribution in [0.15, 0.2) is 60.7 Å². The molecule has 0 unspecified atom stereocenters. The molecule has 0 N–H and O–H groups in total. The van der Waals surface area contributed by atoms with Crippen molar-refractivity contribution in [3.05, 3.63) is 66.2 Å². The van der Waals surface area contributed by atoms with Gasteiger partial charge in [-0.25, -0.2) is 4.98 Å². The second-order valence-corrected chi connectivity index (χ2v) is 7.97. The van der Waals surface area contributed by atoms with Gasteiger partial charge in [0.2, 0.25) is 16.7 Å². The first-order valence-corrected chi connectivity index (χ1v) is 11.5. The fraction of sp³-hybridized carbons (Fsp3) is 0.333. The molecule has 0 bridgehead atoms. The topological polar surface area (TPSA) is 23.3 Å². The first-order valence-electron chi connectivity index (χ1n) is 11.5. The van der Waals surface area contributed by atoms with Crippen molar-refractivity contribution in [3.8, 4) is 5.69 Å². The van der Waals surface area contributed by atoms with Crippen molar-refractivity contribution >= 4 is 33.4 Å². The summed E-state index contributed by atoms with van der Waals surface area (Å²) in [6.07, 6.45) is 0. The Hall–Kier alpha value is -3.14. The van der Waals surface area contributed by atoms with Crippen molar-refractivity contribution in [1.29, 1.82) is 0 Å². The van der Waals surface area contributed by atoms with Crippen LogP contribution in [0.4, 0.5) is 11.4 Å². The Bertz CT molecular complexity index is 1120. The molecule has 4 nitrogen and oxygen atoms in total. The fourth-order valence-corrected chi connectivity index (χ4v) is 4.37. The van der Waals surface area contributed by atoms with Crippen molar-refractivity contribution in [2.45, 2.75) is 34.6 Å². The van der Waals surface area contributed by atoms with Crippen molar-refractivity contribution in [1.82, 2.24) is 4.98 Å².